The summed E-state index contributed by atoms with van der Waals surface area (Å²) in [7, 11) is 0. The highest BCUT2D eigenvalue weighted by molar-refractivity contribution is 7.14. The minimum Gasteiger partial charge on any atom is -0.481 e. The molecule has 1 saturated heterocycles. The van der Waals surface area contributed by atoms with Gasteiger partial charge < -0.3 is 10.0 Å². The molecule has 1 fully saturated rings. The van der Waals surface area contributed by atoms with Crippen LogP contribution in [0.4, 0.5) is 0 Å². The summed E-state index contributed by atoms with van der Waals surface area (Å²) in [5, 5.41) is 10.6. The number of aliphatic carboxylic acids is 1. The van der Waals surface area contributed by atoms with Crippen LogP contribution in [0.25, 0.3) is 0 Å². The lowest BCUT2D eigenvalue weighted by atomic mass is 9.89. The fraction of sp³-hybridized carbons (Fsp3) is 0.450. The van der Waals surface area contributed by atoms with Gasteiger partial charge in [0.1, 0.15) is 4.88 Å². The zero-order valence-electron chi connectivity index (χ0n) is 15.5. The number of amides is 1. The predicted octanol–water partition coefficient (Wildman–Crippen LogP) is 3.69. The molecule has 1 N–H and O–H groups in total. The minimum atomic E-state index is -0.856. The van der Waals surface area contributed by atoms with Gasteiger partial charge in [-0.15, -0.1) is 11.3 Å². The summed E-state index contributed by atoms with van der Waals surface area (Å²) in [4.78, 5) is 31.7. The van der Waals surface area contributed by atoms with Gasteiger partial charge in [0.15, 0.2) is 0 Å². The van der Waals surface area contributed by atoms with Gasteiger partial charge in [0.2, 0.25) is 0 Å². The molecule has 1 aromatic carbocycles. The van der Waals surface area contributed by atoms with Crippen LogP contribution in [-0.4, -0.2) is 40.0 Å². The number of hydrogen-bond donors (Lipinski definition) is 1. The van der Waals surface area contributed by atoms with Crippen LogP contribution >= 0.6 is 11.3 Å². The van der Waals surface area contributed by atoms with E-state index in [1.165, 1.54) is 11.3 Å². The van der Waals surface area contributed by atoms with E-state index in [4.69, 9.17) is 0 Å². The van der Waals surface area contributed by atoms with Gasteiger partial charge in [0, 0.05) is 24.4 Å². The highest BCUT2D eigenvalue weighted by Crippen LogP contribution is 2.36. The molecule has 0 radical (unpaired) electrons. The van der Waals surface area contributed by atoms with Crippen molar-refractivity contribution < 1.29 is 14.7 Å². The van der Waals surface area contributed by atoms with Crippen LogP contribution in [0.1, 0.15) is 52.6 Å². The molecule has 1 aromatic heterocycles. The van der Waals surface area contributed by atoms with Crippen molar-refractivity contribution in [1.82, 2.24) is 9.88 Å². The number of likely N-dealkylation sites (tertiary alicyclic amines) is 1. The average Bonchev–Trinajstić information content (AvgIpc) is 3.19. The second kappa shape index (κ2) is 6.83. The highest BCUT2D eigenvalue weighted by Gasteiger charge is 2.41. The molecule has 26 heavy (non-hydrogen) atoms. The van der Waals surface area contributed by atoms with E-state index >= 15 is 0 Å². The standard InChI is InChI=1S/C20H24N2O3S/c1-12-16(26-19(21-12)20(2,3)4)17(23)22-10-14(15(11-22)18(24)25)13-8-6-5-7-9-13/h5-9,14-15H,10-11H2,1-4H3,(H,24,25). The fourth-order valence-electron chi connectivity index (χ4n) is 3.32. The number of thiazole rings is 1. The van der Waals surface area contributed by atoms with Crippen LogP contribution in [0.15, 0.2) is 30.3 Å². The molecule has 2 heterocycles. The van der Waals surface area contributed by atoms with E-state index in [2.05, 4.69) is 25.8 Å². The van der Waals surface area contributed by atoms with E-state index in [9.17, 15) is 14.7 Å². The number of nitrogens with zero attached hydrogens (tertiary/aromatic N) is 2. The Morgan fingerprint density at radius 1 is 1.19 bits per heavy atom. The van der Waals surface area contributed by atoms with Crippen molar-refractivity contribution in [2.75, 3.05) is 13.1 Å². The molecule has 5 nitrogen and oxygen atoms in total. The smallest absolute Gasteiger partial charge is 0.308 e. The molecule has 1 aliphatic rings. The van der Waals surface area contributed by atoms with E-state index in [-0.39, 0.29) is 23.8 Å². The summed E-state index contributed by atoms with van der Waals surface area (Å²) in [6, 6.07) is 9.59. The SMILES string of the molecule is Cc1nc(C(C)(C)C)sc1C(=O)N1CC(C(=O)O)C(c2ccccc2)C1. The predicted molar refractivity (Wildman–Crippen MR) is 102 cm³/mol. The van der Waals surface area contributed by atoms with Gasteiger partial charge in [0.05, 0.1) is 16.6 Å². The molecule has 0 aliphatic carbocycles. The molecule has 2 atom stereocenters. The lowest BCUT2D eigenvalue weighted by Crippen LogP contribution is -2.29. The molecule has 138 valence electrons. The number of carboxylic acids is 1. The molecule has 1 amide bonds. The van der Waals surface area contributed by atoms with E-state index in [0.717, 1.165) is 16.3 Å². The third-order valence-corrected chi connectivity index (χ3v) is 6.36. The largest absolute Gasteiger partial charge is 0.481 e. The summed E-state index contributed by atoms with van der Waals surface area (Å²) in [6.45, 7) is 8.71. The Bertz CT molecular complexity index is 823. The molecule has 3 rings (SSSR count). The first-order valence-electron chi connectivity index (χ1n) is 8.73. The van der Waals surface area contributed by atoms with Gasteiger partial charge in [-0.05, 0) is 12.5 Å². The van der Waals surface area contributed by atoms with Crippen LogP contribution in [-0.2, 0) is 10.2 Å². The van der Waals surface area contributed by atoms with E-state index in [1.807, 2.05) is 37.3 Å². The maximum absolute atomic E-state index is 13.1. The molecule has 0 bridgehead atoms. The summed E-state index contributed by atoms with van der Waals surface area (Å²) in [5.74, 6) is -1.74. The van der Waals surface area contributed by atoms with Crippen molar-refractivity contribution in [3.8, 4) is 0 Å². The Hall–Kier alpha value is -2.21. The monoisotopic (exact) mass is 372 g/mol. The van der Waals surface area contributed by atoms with Gasteiger partial charge >= 0.3 is 5.97 Å². The first-order chi connectivity index (χ1) is 12.2. The number of aromatic nitrogens is 1. The van der Waals surface area contributed by atoms with Crippen molar-refractivity contribution in [2.45, 2.75) is 39.0 Å². The molecule has 0 saturated carbocycles. The maximum Gasteiger partial charge on any atom is 0.308 e. The molecule has 0 spiro atoms. The molecule has 2 unspecified atom stereocenters. The van der Waals surface area contributed by atoms with Gasteiger partial charge in [-0.2, -0.15) is 0 Å². The number of aryl methyl sites for hydroxylation is 1. The van der Waals surface area contributed by atoms with Gasteiger partial charge in [0.25, 0.3) is 5.91 Å². The van der Waals surface area contributed by atoms with Crippen LogP contribution in [0.2, 0.25) is 0 Å². The quantitative estimate of drug-likeness (QED) is 0.892. The molecular formula is C20H24N2O3S. The van der Waals surface area contributed by atoms with Crippen molar-refractivity contribution in [3.05, 3.63) is 51.5 Å². The van der Waals surface area contributed by atoms with Crippen LogP contribution < -0.4 is 0 Å². The Kier molecular flexibility index (Phi) is 4.88. The first-order valence-corrected chi connectivity index (χ1v) is 9.55. The normalized spacial score (nSPS) is 20.4. The van der Waals surface area contributed by atoms with Crippen LogP contribution in [0.3, 0.4) is 0 Å². The van der Waals surface area contributed by atoms with Crippen molar-refractivity contribution in [1.29, 1.82) is 0 Å². The second-order valence-electron chi connectivity index (χ2n) is 7.86. The summed E-state index contributed by atoms with van der Waals surface area (Å²) in [5.41, 5.74) is 1.57. The molecule has 2 aromatic rings. The van der Waals surface area contributed by atoms with Gasteiger partial charge in [-0.25, -0.2) is 4.98 Å². The number of rotatable bonds is 3. The fourth-order valence-corrected chi connectivity index (χ4v) is 4.41. The molecular weight excluding hydrogens is 348 g/mol. The summed E-state index contributed by atoms with van der Waals surface area (Å²) < 4.78 is 0. The van der Waals surface area contributed by atoms with Crippen molar-refractivity contribution in [2.24, 2.45) is 5.92 Å². The Morgan fingerprint density at radius 3 is 2.38 bits per heavy atom. The average molecular weight is 372 g/mol. The Labute approximate surface area is 157 Å². The van der Waals surface area contributed by atoms with Crippen molar-refractivity contribution in [3.63, 3.8) is 0 Å². The van der Waals surface area contributed by atoms with E-state index in [1.54, 1.807) is 4.90 Å². The number of benzene rings is 1. The zero-order chi connectivity index (χ0) is 19.1. The number of carboxylic acid groups (broad SMARTS) is 1. The third kappa shape index (κ3) is 3.51. The van der Waals surface area contributed by atoms with E-state index in [0.29, 0.717) is 11.4 Å². The lowest BCUT2D eigenvalue weighted by Gasteiger charge is -2.16. The number of carbonyl (C=O) groups excluding carboxylic acids is 1. The van der Waals surface area contributed by atoms with Crippen molar-refractivity contribution >= 4 is 23.2 Å². The molecule has 6 heteroatoms. The zero-order valence-corrected chi connectivity index (χ0v) is 16.3. The number of carbonyl (C=O) groups is 2. The lowest BCUT2D eigenvalue weighted by molar-refractivity contribution is -0.141. The second-order valence-corrected chi connectivity index (χ2v) is 8.85. The Morgan fingerprint density at radius 2 is 1.85 bits per heavy atom. The molecule has 1 aliphatic heterocycles. The van der Waals surface area contributed by atoms with Crippen LogP contribution in [0, 0.1) is 12.8 Å². The van der Waals surface area contributed by atoms with Crippen LogP contribution in [0.5, 0.6) is 0 Å². The Balaban J connectivity index is 1.87. The summed E-state index contributed by atoms with van der Waals surface area (Å²) >= 11 is 1.42. The summed E-state index contributed by atoms with van der Waals surface area (Å²) in [6.07, 6.45) is 0. The topological polar surface area (TPSA) is 70.5 Å². The first kappa shape index (κ1) is 18.6. The maximum atomic E-state index is 13.1. The minimum absolute atomic E-state index is 0.111. The third-order valence-electron chi connectivity index (χ3n) is 4.78. The highest BCUT2D eigenvalue weighted by atomic mass is 32.1. The van der Waals surface area contributed by atoms with Gasteiger partial charge in [-0.1, -0.05) is 51.1 Å². The van der Waals surface area contributed by atoms with E-state index < -0.39 is 11.9 Å². The van der Waals surface area contributed by atoms with Gasteiger partial charge in [-0.3, -0.25) is 9.59 Å². The number of hydrogen-bond acceptors (Lipinski definition) is 4.